The Labute approximate surface area is 113 Å². The van der Waals surface area contributed by atoms with Gasteiger partial charge in [-0.05, 0) is 0 Å². The number of aromatic nitrogens is 4. The van der Waals surface area contributed by atoms with Gasteiger partial charge in [-0.2, -0.15) is 5.10 Å². The Morgan fingerprint density at radius 1 is 1.58 bits per heavy atom. The third-order valence-corrected chi connectivity index (χ3v) is 2.93. The number of nitrogens with zero attached hydrogens (tertiary/aromatic N) is 4. The minimum atomic E-state index is -0.122. The lowest BCUT2D eigenvalue weighted by Crippen LogP contribution is -2.14. The summed E-state index contributed by atoms with van der Waals surface area (Å²) >= 11 is 1.32. The number of amides is 1. The number of anilines is 1. The summed E-state index contributed by atoms with van der Waals surface area (Å²) in [6.45, 7) is 0.786. The molecule has 19 heavy (non-hydrogen) atoms. The molecule has 0 radical (unpaired) electrons. The van der Waals surface area contributed by atoms with E-state index in [1.165, 1.54) is 17.7 Å². The van der Waals surface area contributed by atoms with Gasteiger partial charge in [-0.3, -0.25) is 9.48 Å². The quantitative estimate of drug-likeness (QED) is 0.770. The number of carbonyl (C=O) groups excluding carboxylic acids is 1. The van der Waals surface area contributed by atoms with Crippen molar-refractivity contribution < 1.29 is 4.79 Å². The molecule has 0 aliphatic rings. The molecular formula is C11H12N6OS. The maximum atomic E-state index is 11.7. The van der Waals surface area contributed by atoms with Crippen molar-refractivity contribution in [3.05, 3.63) is 23.7 Å². The smallest absolute Gasteiger partial charge is 0.228 e. The molecule has 2 aromatic heterocycles. The average Bonchev–Trinajstić information content (AvgIpc) is 3.05. The van der Waals surface area contributed by atoms with Crippen LogP contribution in [0.5, 0.6) is 0 Å². The molecule has 0 saturated carbocycles. The number of aryl methyl sites for hydroxylation is 1. The lowest BCUT2D eigenvalue weighted by Gasteiger charge is -2.01. The average molecular weight is 276 g/mol. The van der Waals surface area contributed by atoms with Crippen LogP contribution in [0.4, 0.5) is 5.13 Å². The fraction of sp³-hybridized carbons (Fsp3) is 0.273. The van der Waals surface area contributed by atoms with Crippen molar-refractivity contribution >= 4 is 22.4 Å². The molecular weight excluding hydrogens is 264 g/mol. The Morgan fingerprint density at radius 3 is 3.21 bits per heavy atom. The maximum absolute atomic E-state index is 11.7. The summed E-state index contributed by atoms with van der Waals surface area (Å²) in [6.07, 6.45) is 4.92. The molecule has 0 fully saturated rings. The monoisotopic (exact) mass is 276 g/mol. The van der Waals surface area contributed by atoms with Crippen molar-refractivity contribution in [2.75, 3.05) is 11.9 Å². The Bertz CT molecular complexity index is 594. The fourth-order valence-corrected chi connectivity index (χ4v) is 1.98. The number of thiazole rings is 1. The Balaban J connectivity index is 1.83. The summed E-state index contributed by atoms with van der Waals surface area (Å²) in [7, 11) is 0. The first-order valence-corrected chi connectivity index (χ1v) is 6.36. The minimum absolute atomic E-state index is 0.122. The second-order valence-electron chi connectivity index (χ2n) is 3.49. The van der Waals surface area contributed by atoms with Gasteiger partial charge in [-0.25, -0.2) is 9.97 Å². The van der Waals surface area contributed by atoms with Crippen molar-refractivity contribution in [3.63, 3.8) is 0 Å². The number of hydrogen-bond donors (Lipinski definition) is 2. The van der Waals surface area contributed by atoms with E-state index >= 15 is 0 Å². The number of nitrogens with one attached hydrogen (secondary N) is 1. The van der Waals surface area contributed by atoms with Crippen LogP contribution in [0.25, 0.3) is 0 Å². The highest BCUT2D eigenvalue weighted by Gasteiger charge is 2.06. The second kappa shape index (κ2) is 6.63. The first kappa shape index (κ1) is 13.2. The van der Waals surface area contributed by atoms with E-state index in [1.54, 1.807) is 17.2 Å². The molecule has 0 spiro atoms. The number of rotatable bonds is 4. The number of hydrogen-bond acceptors (Lipinski definition) is 6. The van der Waals surface area contributed by atoms with Crippen LogP contribution in [0.15, 0.2) is 18.9 Å². The normalized spacial score (nSPS) is 9.74. The third kappa shape index (κ3) is 4.17. The topological polar surface area (TPSA) is 98.7 Å². The van der Waals surface area contributed by atoms with E-state index in [4.69, 9.17) is 5.73 Å². The molecule has 1 amide bonds. The van der Waals surface area contributed by atoms with E-state index in [2.05, 4.69) is 32.2 Å². The summed E-state index contributed by atoms with van der Waals surface area (Å²) in [6, 6.07) is 0. The highest BCUT2D eigenvalue weighted by Crippen LogP contribution is 2.16. The molecule has 2 rings (SSSR count). The van der Waals surface area contributed by atoms with Gasteiger partial charge in [0.15, 0.2) is 5.13 Å². The van der Waals surface area contributed by atoms with Crippen LogP contribution in [0.1, 0.15) is 11.3 Å². The molecule has 3 N–H and O–H groups in total. The van der Waals surface area contributed by atoms with Gasteiger partial charge in [-0.1, -0.05) is 23.2 Å². The molecule has 98 valence electrons. The first-order valence-electron chi connectivity index (χ1n) is 5.55. The summed E-state index contributed by atoms with van der Waals surface area (Å²) in [5.41, 5.74) is 5.28. The first-order chi connectivity index (χ1) is 9.28. The summed E-state index contributed by atoms with van der Waals surface area (Å²) in [5.74, 6) is 5.47. The zero-order valence-corrected chi connectivity index (χ0v) is 10.9. The summed E-state index contributed by atoms with van der Waals surface area (Å²) in [5, 5.41) is 7.16. The Morgan fingerprint density at radius 2 is 2.47 bits per heavy atom. The van der Waals surface area contributed by atoms with Crippen LogP contribution in [0, 0.1) is 11.8 Å². The Hall–Kier alpha value is -2.24. The number of nitrogens with two attached hydrogens (primary N) is 1. The molecule has 0 aliphatic carbocycles. The van der Waals surface area contributed by atoms with Crippen molar-refractivity contribution in [2.24, 2.45) is 5.73 Å². The molecule has 8 heteroatoms. The van der Waals surface area contributed by atoms with Crippen LogP contribution in [-0.4, -0.2) is 32.2 Å². The van der Waals surface area contributed by atoms with Crippen LogP contribution in [0.3, 0.4) is 0 Å². The molecule has 0 bridgehead atoms. The van der Waals surface area contributed by atoms with Gasteiger partial charge < -0.3 is 11.1 Å². The van der Waals surface area contributed by atoms with Crippen LogP contribution in [0.2, 0.25) is 0 Å². The van der Waals surface area contributed by atoms with E-state index in [-0.39, 0.29) is 5.91 Å². The Kier molecular flexibility index (Phi) is 4.60. The molecule has 0 aromatic carbocycles. The predicted molar refractivity (Wildman–Crippen MR) is 71.3 cm³/mol. The zero-order chi connectivity index (χ0) is 13.5. The van der Waals surface area contributed by atoms with Crippen LogP contribution in [-0.2, 0) is 11.3 Å². The number of carbonyl (C=O) groups is 1. The lowest BCUT2D eigenvalue weighted by molar-refractivity contribution is -0.116. The molecule has 0 unspecified atom stereocenters. The molecule has 0 atom stereocenters. The standard InChI is InChI=1S/C11H12N6OS/c12-4-1-2-9-6-14-11(19-9)16-10(18)3-5-17-8-13-7-15-17/h6-8H,3-5,12H2,(H,14,16,18). The molecule has 2 aromatic rings. The van der Waals surface area contributed by atoms with E-state index in [0.29, 0.717) is 24.6 Å². The highest BCUT2D eigenvalue weighted by atomic mass is 32.1. The SMILES string of the molecule is NCC#Cc1cnc(NC(=O)CCn2cncn2)s1. The predicted octanol–water partition coefficient (Wildman–Crippen LogP) is 0.0736. The van der Waals surface area contributed by atoms with E-state index in [9.17, 15) is 4.79 Å². The van der Waals surface area contributed by atoms with Crippen LogP contribution >= 0.6 is 11.3 Å². The van der Waals surface area contributed by atoms with E-state index in [0.717, 1.165) is 4.88 Å². The van der Waals surface area contributed by atoms with Crippen molar-refractivity contribution in [1.82, 2.24) is 19.7 Å². The van der Waals surface area contributed by atoms with Crippen molar-refractivity contribution in [2.45, 2.75) is 13.0 Å². The molecule has 7 nitrogen and oxygen atoms in total. The minimum Gasteiger partial charge on any atom is -0.320 e. The van der Waals surface area contributed by atoms with Gasteiger partial charge in [0.1, 0.15) is 12.7 Å². The van der Waals surface area contributed by atoms with Crippen LogP contribution < -0.4 is 11.1 Å². The van der Waals surface area contributed by atoms with Gasteiger partial charge in [0.2, 0.25) is 5.91 Å². The summed E-state index contributed by atoms with van der Waals surface area (Å²) in [4.78, 5) is 20.3. The van der Waals surface area contributed by atoms with Crippen molar-refractivity contribution in [1.29, 1.82) is 0 Å². The van der Waals surface area contributed by atoms with Gasteiger partial charge in [0, 0.05) is 6.42 Å². The van der Waals surface area contributed by atoms with Crippen molar-refractivity contribution in [3.8, 4) is 11.8 Å². The fourth-order valence-electron chi connectivity index (χ4n) is 1.27. The summed E-state index contributed by atoms with van der Waals surface area (Å²) < 4.78 is 1.60. The zero-order valence-electron chi connectivity index (χ0n) is 10.0. The largest absolute Gasteiger partial charge is 0.320 e. The molecule has 0 saturated heterocycles. The van der Waals surface area contributed by atoms with E-state index < -0.39 is 0 Å². The van der Waals surface area contributed by atoms with Gasteiger partial charge in [-0.15, -0.1) is 0 Å². The molecule has 0 aliphatic heterocycles. The molecule has 2 heterocycles. The lowest BCUT2D eigenvalue weighted by atomic mass is 10.4. The van der Waals surface area contributed by atoms with Gasteiger partial charge in [0.25, 0.3) is 0 Å². The second-order valence-corrected chi connectivity index (χ2v) is 4.52. The maximum Gasteiger partial charge on any atom is 0.228 e. The third-order valence-electron chi connectivity index (χ3n) is 2.10. The van der Waals surface area contributed by atoms with Gasteiger partial charge in [0.05, 0.1) is 24.2 Å². The van der Waals surface area contributed by atoms with Gasteiger partial charge >= 0.3 is 0 Å². The van der Waals surface area contributed by atoms with E-state index in [1.807, 2.05) is 0 Å². The highest BCUT2D eigenvalue weighted by molar-refractivity contribution is 7.16.